The molecule has 0 amide bonds. The number of H-pyrrole nitrogens is 1. The van der Waals surface area contributed by atoms with Crippen LogP contribution in [0, 0.1) is 0 Å². The van der Waals surface area contributed by atoms with E-state index in [2.05, 4.69) is 17.2 Å². The fourth-order valence-electron chi connectivity index (χ4n) is 2.47. The lowest BCUT2D eigenvalue weighted by Gasteiger charge is -2.19. The first-order valence-corrected chi connectivity index (χ1v) is 6.61. The minimum atomic E-state index is 0.825. The Hall–Kier alpha value is -1.68. The molecular weight excluding hydrogens is 224 g/mol. The van der Waals surface area contributed by atoms with E-state index in [-0.39, 0.29) is 0 Å². The highest BCUT2D eigenvalue weighted by Gasteiger charge is 2.17. The minimum Gasteiger partial charge on any atom is -0.359 e. The van der Waals surface area contributed by atoms with Crippen molar-refractivity contribution in [2.24, 2.45) is 0 Å². The molecule has 3 heterocycles. The fraction of sp³-hybridized carbons (Fsp3) is 0.429. The van der Waals surface area contributed by atoms with Crippen molar-refractivity contribution in [3.63, 3.8) is 0 Å². The summed E-state index contributed by atoms with van der Waals surface area (Å²) in [5, 5.41) is 3.38. The zero-order valence-electron chi connectivity index (χ0n) is 10.7. The number of fused-ring (bicyclic) bond motifs is 1. The molecule has 3 rings (SSSR count). The average molecular weight is 242 g/mol. The van der Waals surface area contributed by atoms with E-state index in [1.165, 1.54) is 17.0 Å². The highest BCUT2D eigenvalue weighted by Crippen LogP contribution is 2.21. The van der Waals surface area contributed by atoms with Gasteiger partial charge in [-0.25, -0.2) is 9.97 Å². The summed E-state index contributed by atoms with van der Waals surface area (Å²) in [6, 6.07) is 4.00. The van der Waals surface area contributed by atoms with Crippen molar-refractivity contribution in [3.8, 4) is 11.5 Å². The lowest BCUT2D eigenvalue weighted by atomic mass is 10.0. The van der Waals surface area contributed by atoms with Crippen LogP contribution in [0.15, 0.2) is 18.3 Å². The van der Waals surface area contributed by atoms with E-state index in [0.29, 0.717) is 0 Å². The molecule has 0 saturated heterocycles. The molecule has 0 radical (unpaired) electrons. The number of aryl methyl sites for hydroxylation is 1. The van der Waals surface area contributed by atoms with Crippen LogP contribution in [0.5, 0.6) is 0 Å². The number of hydrogen-bond acceptors (Lipinski definition) is 3. The molecule has 0 atom stereocenters. The first-order chi connectivity index (χ1) is 8.88. The first-order valence-electron chi connectivity index (χ1n) is 6.61. The number of nitrogens with zero attached hydrogens (tertiary/aromatic N) is 2. The van der Waals surface area contributed by atoms with Gasteiger partial charge in [0.2, 0.25) is 0 Å². The van der Waals surface area contributed by atoms with Gasteiger partial charge in [-0.3, -0.25) is 0 Å². The van der Waals surface area contributed by atoms with Gasteiger partial charge in [0, 0.05) is 18.4 Å². The van der Waals surface area contributed by atoms with Crippen LogP contribution in [0.4, 0.5) is 0 Å². The highest BCUT2D eigenvalue weighted by molar-refractivity contribution is 5.51. The molecule has 94 valence electrons. The van der Waals surface area contributed by atoms with Crippen LogP contribution in [0.2, 0.25) is 0 Å². The third-order valence-corrected chi connectivity index (χ3v) is 3.35. The molecule has 4 nitrogen and oxygen atoms in total. The van der Waals surface area contributed by atoms with Gasteiger partial charge < -0.3 is 10.3 Å². The van der Waals surface area contributed by atoms with E-state index < -0.39 is 0 Å². The Morgan fingerprint density at radius 3 is 3.06 bits per heavy atom. The van der Waals surface area contributed by atoms with Crippen molar-refractivity contribution in [1.82, 2.24) is 20.3 Å². The number of nitrogens with one attached hydrogen (secondary N) is 2. The van der Waals surface area contributed by atoms with Crippen molar-refractivity contribution >= 4 is 0 Å². The zero-order chi connectivity index (χ0) is 12.4. The normalized spacial score (nSPS) is 14.5. The highest BCUT2D eigenvalue weighted by atomic mass is 15.0. The molecule has 0 unspecified atom stereocenters. The van der Waals surface area contributed by atoms with Crippen molar-refractivity contribution in [2.45, 2.75) is 32.7 Å². The molecule has 1 aliphatic heterocycles. The number of aromatic nitrogens is 3. The Bertz CT molecular complexity index is 531. The summed E-state index contributed by atoms with van der Waals surface area (Å²) in [5.41, 5.74) is 4.77. The summed E-state index contributed by atoms with van der Waals surface area (Å²) in [5.74, 6) is 0.825. The van der Waals surface area contributed by atoms with Crippen LogP contribution in [0.1, 0.15) is 30.3 Å². The largest absolute Gasteiger partial charge is 0.359 e. The third-order valence-electron chi connectivity index (χ3n) is 3.35. The van der Waals surface area contributed by atoms with Crippen LogP contribution in [-0.4, -0.2) is 21.5 Å². The van der Waals surface area contributed by atoms with Crippen molar-refractivity contribution in [1.29, 1.82) is 0 Å². The molecule has 0 fully saturated rings. The molecule has 0 bridgehead atoms. The maximum absolute atomic E-state index is 4.75. The minimum absolute atomic E-state index is 0.825. The van der Waals surface area contributed by atoms with E-state index in [9.17, 15) is 0 Å². The van der Waals surface area contributed by atoms with Crippen LogP contribution >= 0.6 is 0 Å². The Morgan fingerprint density at radius 2 is 2.28 bits per heavy atom. The Balaban J connectivity index is 2.09. The predicted octanol–water partition coefficient (Wildman–Crippen LogP) is 2.07. The van der Waals surface area contributed by atoms with Crippen molar-refractivity contribution in [3.05, 3.63) is 35.3 Å². The molecule has 0 saturated carbocycles. The van der Waals surface area contributed by atoms with E-state index in [1.54, 1.807) is 0 Å². The molecule has 0 spiro atoms. The summed E-state index contributed by atoms with van der Waals surface area (Å²) in [6.45, 7) is 4.10. The van der Waals surface area contributed by atoms with E-state index >= 15 is 0 Å². The Kier molecular flexibility index (Phi) is 3.11. The van der Waals surface area contributed by atoms with Gasteiger partial charge in [-0.15, -0.1) is 0 Å². The summed E-state index contributed by atoms with van der Waals surface area (Å²) < 4.78 is 0. The van der Waals surface area contributed by atoms with Crippen LogP contribution in [-0.2, 0) is 19.4 Å². The molecule has 4 heteroatoms. The van der Waals surface area contributed by atoms with Gasteiger partial charge in [-0.1, -0.05) is 13.3 Å². The molecule has 2 aromatic heterocycles. The van der Waals surface area contributed by atoms with E-state index in [4.69, 9.17) is 9.97 Å². The van der Waals surface area contributed by atoms with Gasteiger partial charge in [-0.2, -0.15) is 0 Å². The van der Waals surface area contributed by atoms with Gasteiger partial charge in [0.1, 0.15) is 0 Å². The molecule has 0 aromatic carbocycles. The standard InChI is InChI=1S/C14H18N4/c1-2-4-11-10-6-8-15-9-13(10)18-14(17-11)12-5-3-7-16-12/h3,5,7,15-16H,2,4,6,8-9H2,1H3. The second-order valence-corrected chi connectivity index (χ2v) is 4.68. The average Bonchev–Trinajstić information content (AvgIpc) is 2.93. The number of rotatable bonds is 3. The van der Waals surface area contributed by atoms with Crippen LogP contribution in [0.3, 0.4) is 0 Å². The molecule has 0 aliphatic carbocycles. The summed E-state index contributed by atoms with van der Waals surface area (Å²) >= 11 is 0. The zero-order valence-corrected chi connectivity index (χ0v) is 10.7. The lowest BCUT2D eigenvalue weighted by molar-refractivity contribution is 0.614. The SMILES string of the molecule is CCCc1nc(-c2ccc[nH]2)nc2c1CCNC2. The van der Waals surface area contributed by atoms with Gasteiger partial charge in [0.05, 0.1) is 11.4 Å². The second-order valence-electron chi connectivity index (χ2n) is 4.68. The fourth-order valence-corrected chi connectivity index (χ4v) is 2.47. The maximum atomic E-state index is 4.75. The quantitative estimate of drug-likeness (QED) is 0.866. The van der Waals surface area contributed by atoms with Gasteiger partial charge in [0.15, 0.2) is 5.82 Å². The second kappa shape index (κ2) is 4.90. The topological polar surface area (TPSA) is 53.6 Å². The lowest BCUT2D eigenvalue weighted by Crippen LogP contribution is -2.26. The predicted molar refractivity (Wildman–Crippen MR) is 71.2 cm³/mol. The van der Waals surface area contributed by atoms with Gasteiger partial charge in [0.25, 0.3) is 0 Å². The Morgan fingerprint density at radius 1 is 1.33 bits per heavy atom. The van der Waals surface area contributed by atoms with Crippen LogP contribution < -0.4 is 5.32 Å². The maximum Gasteiger partial charge on any atom is 0.176 e. The Labute approximate surface area is 107 Å². The van der Waals surface area contributed by atoms with E-state index in [0.717, 1.165) is 43.9 Å². The molecule has 2 N–H and O–H groups in total. The summed E-state index contributed by atoms with van der Waals surface area (Å²) in [7, 11) is 0. The molecule has 2 aromatic rings. The van der Waals surface area contributed by atoms with Gasteiger partial charge >= 0.3 is 0 Å². The van der Waals surface area contributed by atoms with Gasteiger partial charge in [-0.05, 0) is 37.1 Å². The summed E-state index contributed by atoms with van der Waals surface area (Å²) in [4.78, 5) is 12.6. The monoisotopic (exact) mass is 242 g/mol. The smallest absolute Gasteiger partial charge is 0.176 e. The molecule has 18 heavy (non-hydrogen) atoms. The van der Waals surface area contributed by atoms with Crippen molar-refractivity contribution < 1.29 is 0 Å². The molecular formula is C14H18N4. The van der Waals surface area contributed by atoms with Crippen LogP contribution in [0.25, 0.3) is 11.5 Å². The van der Waals surface area contributed by atoms with E-state index in [1.807, 2.05) is 18.3 Å². The molecule has 1 aliphatic rings. The third kappa shape index (κ3) is 2.04. The first kappa shape index (κ1) is 11.4. The number of aromatic amines is 1. The number of hydrogen-bond donors (Lipinski definition) is 2. The summed E-state index contributed by atoms with van der Waals surface area (Å²) in [6.07, 6.45) is 5.13. The van der Waals surface area contributed by atoms with Crippen molar-refractivity contribution in [2.75, 3.05) is 6.54 Å².